The summed E-state index contributed by atoms with van der Waals surface area (Å²) in [5, 5.41) is 14.9. The Labute approximate surface area is 146 Å². The first-order valence-electron chi connectivity index (χ1n) is 8.03. The molecule has 0 aliphatic carbocycles. The molecule has 0 fully saturated rings. The van der Waals surface area contributed by atoms with Crippen LogP contribution in [0.3, 0.4) is 0 Å². The van der Waals surface area contributed by atoms with E-state index in [4.69, 9.17) is 4.74 Å². The molecule has 0 radical (unpaired) electrons. The van der Waals surface area contributed by atoms with Gasteiger partial charge in [0.25, 0.3) is 0 Å². The Morgan fingerprint density at radius 2 is 1.56 bits per heavy atom. The summed E-state index contributed by atoms with van der Waals surface area (Å²) in [6, 6.07) is 17.7. The number of nitrogens with one attached hydrogen (secondary N) is 2. The molecule has 0 bridgehead atoms. The van der Waals surface area contributed by atoms with Crippen molar-refractivity contribution in [2.24, 2.45) is 0 Å². The highest BCUT2D eigenvalue weighted by molar-refractivity contribution is 5.95. The van der Waals surface area contributed by atoms with E-state index in [2.05, 4.69) is 10.6 Å². The van der Waals surface area contributed by atoms with Gasteiger partial charge in [0, 0.05) is 6.54 Å². The molecule has 2 amide bonds. The topological polar surface area (TPSA) is 87.7 Å². The van der Waals surface area contributed by atoms with Crippen LogP contribution in [-0.2, 0) is 22.7 Å². The Kier molecular flexibility index (Phi) is 7.13. The minimum absolute atomic E-state index is 0.0662. The maximum atomic E-state index is 12.2. The highest BCUT2D eigenvalue weighted by atomic mass is 16.5. The molecule has 6 nitrogen and oxygen atoms in total. The predicted octanol–water partition coefficient (Wildman–Crippen LogP) is 1.98. The minimum Gasteiger partial charge on any atom is -0.444 e. The summed E-state index contributed by atoms with van der Waals surface area (Å²) < 4.78 is 5.01. The van der Waals surface area contributed by atoms with Crippen molar-refractivity contribution in [3.63, 3.8) is 0 Å². The summed E-state index contributed by atoms with van der Waals surface area (Å²) >= 11 is 0. The lowest BCUT2D eigenvalue weighted by molar-refractivity contribution is -0.125. The SMILES string of the molecule is C[C@@H](O)[C@H](NCc1ccccc1)C(=O)NC(=O)OCc1ccccc1. The quantitative estimate of drug-likeness (QED) is 0.716. The van der Waals surface area contributed by atoms with Crippen molar-refractivity contribution in [3.05, 3.63) is 71.8 Å². The van der Waals surface area contributed by atoms with Gasteiger partial charge in [0.15, 0.2) is 0 Å². The zero-order valence-electron chi connectivity index (χ0n) is 14.0. The van der Waals surface area contributed by atoms with E-state index in [1.165, 1.54) is 6.92 Å². The third kappa shape index (κ3) is 6.37. The molecule has 0 aliphatic heterocycles. The van der Waals surface area contributed by atoms with Gasteiger partial charge in [-0.05, 0) is 18.1 Å². The van der Waals surface area contributed by atoms with Gasteiger partial charge in [-0.25, -0.2) is 4.79 Å². The number of aliphatic hydroxyl groups excluding tert-OH is 1. The van der Waals surface area contributed by atoms with Gasteiger partial charge in [-0.2, -0.15) is 0 Å². The maximum Gasteiger partial charge on any atom is 0.414 e. The van der Waals surface area contributed by atoms with E-state index in [0.29, 0.717) is 6.54 Å². The summed E-state index contributed by atoms with van der Waals surface area (Å²) in [6.07, 6.45) is -1.81. The number of alkyl carbamates (subject to hydrolysis) is 1. The van der Waals surface area contributed by atoms with Crippen LogP contribution in [0, 0.1) is 0 Å². The van der Waals surface area contributed by atoms with E-state index in [9.17, 15) is 14.7 Å². The molecule has 2 aromatic carbocycles. The van der Waals surface area contributed by atoms with Crippen molar-refractivity contribution in [3.8, 4) is 0 Å². The summed E-state index contributed by atoms with van der Waals surface area (Å²) in [7, 11) is 0. The smallest absolute Gasteiger partial charge is 0.414 e. The normalized spacial score (nSPS) is 12.9. The van der Waals surface area contributed by atoms with Crippen LogP contribution in [0.1, 0.15) is 18.1 Å². The Hall–Kier alpha value is -2.70. The number of ether oxygens (including phenoxy) is 1. The molecule has 132 valence electrons. The van der Waals surface area contributed by atoms with Crippen molar-refractivity contribution in [1.82, 2.24) is 10.6 Å². The Balaban J connectivity index is 1.83. The second kappa shape index (κ2) is 9.56. The van der Waals surface area contributed by atoms with Crippen LogP contribution >= 0.6 is 0 Å². The highest BCUT2D eigenvalue weighted by Gasteiger charge is 2.25. The lowest BCUT2D eigenvalue weighted by atomic mass is 10.1. The average Bonchev–Trinajstić information content (AvgIpc) is 2.61. The van der Waals surface area contributed by atoms with Gasteiger partial charge >= 0.3 is 6.09 Å². The monoisotopic (exact) mass is 342 g/mol. The summed E-state index contributed by atoms with van der Waals surface area (Å²) in [5.41, 5.74) is 1.78. The number of carbonyl (C=O) groups is 2. The third-order valence-electron chi connectivity index (χ3n) is 3.57. The molecule has 0 aromatic heterocycles. The number of carbonyl (C=O) groups excluding carboxylic acids is 2. The van der Waals surface area contributed by atoms with Crippen molar-refractivity contribution in [1.29, 1.82) is 0 Å². The summed E-state index contributed by atoms with van der Waals surface area (Å²) in [4.78, 5) is 24.0. The molecule has 2 aromatic rings. The number of amides is 2. The molecule has 2 atom stereocenters. The molecule has 0 saturated heterocycles. The van der Waals surface area contributed by atoms with Gasteiger partial charge in [0.2, 0.25) is 5.91 Å². The third-order valence-corrected chi connectivity index (χ3v) is 3.57. The van der Waals surface area contributed by atoms with Crippen LogP contribution in [-0.4, -0.2) is 29.3 Å². The van der Waals surface area contributed by atoms with E-state index in [-0.39, 0.29) is 6.61 Å². The van der Waals surface area contributed by atoms with Gasteiger partial charge in [-0.3, -0.25) is 15.4 Å². The fraction of sp³-hybridized carbons (Fsp3) is 0.263. The second-order valence-corrected chi connectivity index (χ2v) is 5.64. The Morgan fingerprint density at radius 3 is 2.12 bits per heavy atom. The van der Waals surface area contributed by atoms with Crippen LogP contribution < -0.4 is 10.6 Å². The molecule has 0 aliphatic rings. The van der Waals surface area contributed by atoms with Gasteiger partial charge in [0.1, 0.15) is 12.6 Å². The van der Waals surface area contributed by atoms with E-state index in [1.54, 1.807) is 0 Å². The van der Waals surface area contributed by atoms with Crippen LogP contribution in [0.4, 0.5) is 4.79 Å². The molecular formula is C19H22N2O4. The lowest BCUT2D eigenvalue weighted by Gasteiger charge is -2.20. The molecule has 2 rings (SSSR count). The van der Waals surface area contributed by atoms with Crippen LogP contribution in [0.15, 0.2) is 60.7 Å². The summed E-state index contributed by atoms with van der Waals surface area (Å²) in [6.45, 7) is 1.94. The largest absolute Gasteiger partial charge is 0.444 e. The fourth-order valence-corrected chi connectivity index (χ4v) is 2.24. The molecule has 3 N–H and O–H groups in total. The molecular weight excluding hydrogens is 320 g/mol. The number of hydrogen-bond donors (Lipinski definition) is 3. The lowest BCUT2D eigenvalue weighted by Crippen LogP contribution is -2.51. The Morgan fingerprint density at radius 1 is 1.00 bits per heavy atom. The predicted molar refractivity (Wildman–Crippen MR) is 93.5 cm³/mol. The number of hydrogen-bond acceptors (Lipinski definition) is 5. The number of imide groups is 1. The molecule has 0 heterocycles. The first kappa shape index (κ1) is 18.6. The van der Waals surface area contributed by atoms with Crippen LogP contribution in [0.25, 0.3) is 0 Å². The van der Waals surface area contributed by atoms with Crippen molar-refractivity contribution in [2.75, 3.05) is 0 Å². The summed E-state index contributed by atoms with van der Waals surface area (Å²) in [5.74, 6) is -0.635. The van der Waals surface area contributed by atoms with Crippen molar-refractivity contribution < 1.29 is 19.4 Å². The molecule has 0 unspecified atom stereocenters. The number of rotatable bonds is 7. The molecule has 0 spiro atoms. The molecule has 0 saturated carbocycles. The second-order valence-electron chi connectivity index (χ2n) is 5.64. The van der Waals surface area contributed by atoms with Gasteiger partial charge in [-0.1, -0.05) is 60.7 Å². The van der Waals surface area contributed by atoms with Crippen molar-refractivity contribution in [2.45, 2.75) is 32.2 Å². The minimum atomic E-state index is -0.967. The average molecular weight is 342 g/mol. The number of benzene rings is 2. The van der Waals surface area contributed by atoms with Crippen molar-refractivity contribution >= 4 is 12.0 Å². The first-order chi connectivity index (χ1) is 12.1. The van der Waals surface area contributed by atoms with Gasteiger partial charge in [-0.15, -0.1) is 0 Å². The van der Waals surface area contributed by atoms with E-state index in [1.807, 2.05) is 60.7 Å². The van der Waals surface area contributed by atoms with Crippen LogP contribution in [0.5, 0.6) is 0 Å². The number of aliphatic hydroxyl groups is 1. The molecule has 25 heavy (non-hydrogen) atoms. The standard InChI is InChI=1S/C19H22N2O4/c1-14(22)17(20-12-15-8-4-2-5-9-15)18(23)21-19(24)25-13-16-10-6-3-7-11-16/h2-11,14,17,20,22H,12-13H2,1H3,(H,21,23,24)/t14-,17+/m1/s1. The first-order valence-corrected chi connectivity index (χ1v) is 8.03. The fourth-order valence-electron chi connectivity index (χ4n) is 2.24. The van der Waals surface area contributed by atoms with Gasteiger partial charge in [0.05, 0.1) is 6.10 Å². The van der Waals surface area contributed by atoms with Gasteiger partial charge < -0.3 is 9.84 Å². The Bertz CT molecular complexity index is 674. The van der Waals surface area contributed by atoms with E-state index in [0.717, 1.165) is 11.1 Å². The molecule has 6 heteroatoms. The highest BCUT2D eigenvalue weighted by Crippen LogP contribution is 2.03. The van der Waals surface area contributed by atoms with Crippen LogP contribution in [0.2, 0.25) is 0 Å². The van der Waals surface area contributed by atoms with E-state index >= 15 is 0 Å². The maximum absolute atomic E-state index is 12.2. The zero-order chi connectivity index (χ0) is 18.1. The zero-order valence-corrected chi connectivity index (χ0v) is 14.0. The van der Waals surface area contributed by atoms with E-state index < -0.39 is 24.1 Å².